The van der Waals surface area contributed by atoms with Crippen LogP contribution in [0.4, 0.5) is 37.7 Å². The van der Waals surface area contributed by atoms with Gasteiger partial charge in [-0.25, -0.2) is 32.2 Å². The van der Waals surface area contributed by atoms with Crippen LogP contribution in [0.25, 0.3) is 0 Å². The summed E-state index contributed by atoms with van der Waals surface area (Å²) in [5.41, 5.74) is 6.78. The van der Waals surface area contributed by atoms with Crippen LogP contribution >= 0.6 is 0 Å². The molecule has 0 aliphatic heterocycles. The Bertz CT molecular complexity index is 1120. The van der Waals surface area contributed by atoms with Crippen molar-refractivity contribution >= 4 is 17.7 Å². The number of rotatable bonds is 10. The highest BCUT2D eigenvalue weighted by Gasteiger charge is 2.56. The van der Waals surface area contributed by atoms with Gasteiger partial charge in [0.25, 0.3) is 0 Å². The molecule has 0 saturated heterocycles. The van der Waals surface area contributed by atoms with E-state index in [-0.39, 0.29) is 35.3 Å². The maximum absolute atomic E-state index is 13.0. The van der Waals surface area contributed by atoms with Crippen molar-refractivity contribution < 1.29 is 31.1 Å². The lowest BCUT2D eigenvalue weighted by Crippen LogP contribution is -2.47. The lowest BCUT2D eigenvalue weighted by Gasteiger charge is -2.54. The average molecular weight is 690 g/mol. The van der Waals surface area contributed by atoms with E-state index >= 15 is 0 Å². The molecule has 0 radical (unpaired) electrons. The Morgan fingerprint density at radius 2 is 1.75 bits per heavy atom. The number of carbonyl (C=O) groups excluding carboxylic acids is 1. The molecular weight excluding hydrogens is 628 g/mol. The topological polar surface area (TPSA) is 72.3 Å². The number of alkyl halides is 4. The number of nitrogens with zero attached hydrogens (tertiary/aromatic N) is 1. The number of halogens is 6. The van der Waals surface area contributed by atoms with Crippen molar-refractivity contribution in [2.45, 2.75) is 119 Å². The van der Waals surface area contributed by atoms with Crippen LogP contribution in [0.5, 0.6) is 0 Å². The SMILES string of the molecule is C=C/C(F)=C\C.CCC(C)C(F)F.CCCC1C(CC(F)F)CCC2C1CCC1(C)C(C=O)CCC21.CCN(N)c1cc(F)ccc1N. The standard InChI is InChI=1S/C20H32F2O.C8H12FN3.C5H10F2.C5H7F/c1-3-4-15-13(11-19(21)22)5-7-17-16(15)9-10-20(2)14(12-23)6-8-18(17)20;1-2-12(11)8-5-6(9)3-4-7(8)10;1-3-4(2)5(6)7;1-3-5(6)4-2/h12-19H,3-11H2,1-2H3;3-5H,2,10-11H2,1H3;4-5H,3H2,1-2H3;3-4H,1H2,2H3/b;;;5-4+. The monoisotopic (exact) mass is 689 g/mol. The first kappa shape index (κ1) is 43.5. The Morgan fingerprint density at radius 1 is 1.08 bits per heavy atom. The van der Waals surface area contributed by atoms with Gasteiger partial charge in [-0.15, -0.1) is 0 Å². The largest absolute Gasteiger partial charge is 0.397 e. The molecular formula is C38H61F6N3O. The summed E-state index contributed by atoms with van der Waals surface area (Å²) < 4.78 is 73.1. The van der Waals surface area contributed by atoms with Gasteiger partial charge in [-0.1, -0.05) is 53.2 Å². The number of hydrogen-bond acceptors (Lipinski definition) is 4. The molecule has 1 aromatic rings. The number of aldehydes is 1. The second-order valence-corrected chi connectivity index (χ2v) is 13.8. The summed E-state index contributed by atoms with van der Waals surface area (Å²) in [4.78, 5) is 11.5. The number of allylic oxidation sites excluding steroid dienone is 3. The number of fused-ring (bicyclic) bond motifs is 3. The summed E-state index contributed by atoms with van der Waals surface area (Å²) in [6.45, 7) is 15.1. The van der Waals surface area contributed by atoms with Crippen LogP contribution in [0.15, 0.2) is 42.8 Å². The Labute approximate surface area is 285 Å². The van der Waals surface area contributed by atoms with Gasteiger partial charge in [-0.2, -0.15) is 0 Å². The number of carbonyl (C=O) groups is 1. The zero-order valence-electron chi connectivity index (χ0n) is 29.9. The van der Waals surface area contributed by atoms with Crippen molar-refractivity contribution in [2.24, 2.45) is 52.7 Å². The lowest BCUT2D eigenvalue weighted by molar-refractivity contribution is -0.118. The summed E-state index contributed by atoms with van der Waals surface area (Å²) in [6.07, 6.45) is 8.93. The van der Waals surface area contributed by atoms with E-state index in [1.165, 1.54) is 48.1 Å². The van der Waals surface area contributed by atoms with Crippen LogP contribution in [0.1, 0.15) is 106 Å². The molecule has 48 heavy (non-hydrogen) atoms. The number of benzene rings is 1. The van der Waals surface area contributed by atoms with Gasteiger partial charge in [0.15, 0.2) is 0 Å². The molecule has 10 heteroatoms. The lowest BCUT2D eigenvalue weighted by atomic mass is 9.51. The Hall–Kier alpha value is -2.49. The number of nitrogen functional groups attached to an aromatic ring is 1. The number of hydrazine groups is 1. The molecule has 3 fully saturated rings. The Morgan fingerprint density at radius 3 is 2.21 bits per heavy atom. The smallest absolute Gasteiger partial charge is 0.241 e. The number of anilines is 2. The van der Waals surface area contributed by atoms with Crippen molar-refractivity contribution in [3.63, 3.8) is 0 Å². The highest BCUT2D eigenvalue weighted by molar-refractivity contribution is 5.66. The van der Waals surface area contributed by atoms with Crippen LogP contribution in [0, 0.1) is 52.7 Å². The Balaban J connectivity index is 0.000000384. The first-order chi connectivity index (χ1) is 22.6. The van der Waals surface area contributed by atoms with Gasteiger partial charge in [0, 0.05) is 30.9 Å². The first-order valence-electron chi connectivity index (χ1n) is 17.7. The van der Waals surface area contributed by atoms with E-state index in [4.69, 9.17) is 11.6 Å². The number of hydrogen-bond donors (Lipinski definition) is 2. The maximum Gasteiger partial charge on any atom is 0.241 e. The first-order valence-corrected chi connectivity index (χ1v) is 17.7. The molecule has 4 nitrogen and oxygen atoms in total. The van der Waals surface area contributed by atoms with Gasteiger partial charge in [-0.3, -0.25) is 0 Å². The van der Waals surface area contributed by atoms with Crippen molar-refractivity contribution in [2.75, 3.05) is 17.3 Å². The minimum Gasteiger partial charge on any atom is -0.397 e. The molecule has 8 atom stereocenters. The predicted octanol–water partition coefficient (Wildman–Crippen LogP) is 11.2. The summed E-state index contributed by atoms with van der Waals surface area (Å²) in [5.74, 6) is 7.45. The van der Waals surface area contributed by atoms with Crippen LogP contribution < -0.4 is 16.6 Å². The van der Waals surface area contributed by atoms with Crippen LogP contribution in [-0.4, -0.2) is 25.7 Å². The molecule has 4 N–H and O–H groups in total. The zero-order chi connectivity index (χ0) is 36.6. The van der Waals surface area contributed by atoms with Crippen molar-refractivity contribution in [1.82, 2.24) is 0 Å². The van der Waals surface area contributed by atoms with Gasteiger partial charge < -0.3 is 15.5 Å². The molecule has 0 aromatic heterocycles. The summed E-state index contributed by atoms with van der Waals surface area (Å²) in [6, 6.07) is 4.13. The van der Waals surface area contributed by atoms with Gasteiger partial charge in [-0.05, 0) is 112 Å². The molecule has 0 amide bonds. The average Bonchev–Trinajstić information content (AvgIpc) is 3.42. The van der Waals surface area contributed by atoms with E-state index in [0.29, 0.717) is 48.0 Å². The molecule has 0 spiro atoms. The molecule has 1 aromatic carbocycles. The fourth-order valence-electron chi connectivity index (χ4n) is 8.03. The molecule has 3 aliphatic rings. The third kappa shape index (κ3) is 12.4. The van der Waals surface area contributed by atoms with E-state index < -0.39 is 18.8 Å². The van der Waals surface area contributed by atoms with Gasteiger partial charge in [0.05, 0.1) is 11.4 Å². The molecule has 8 unspecified atom stereocenters. The maximum atomic E-state index is 13.0. The molecule has 4 rings (SSSR count). The molecule has 0 bridgehead atoms. The van der Waals surface area contributed by atoms with Gasteiger partial charge in [0.1, 0.15) is 17.9 Å². The molecule has 276 valence electrons. The fourth-order valence-corrected chi connectivity index (χ4v) is 8.03. The minimum atomic E-state index is -2.16. The quantitative estimate of drug-likeness (QED) is 0.0640. The van der Waals surface area contributed by atoms with E-state index in [0.717, 1.165) is 44.9 Å². The van der Waals surface area contributed by atoms with E-state index in [9.17, 15) is 31.1 Å². The van der Waals surface area contributed by atoms with Crippen molar-refractivity contribution in [3.05, 3.63) is 48.6 Å². The van der Waals surface area contributed by atoms with E-state index in [2.05, 4.69) is 20.4 Å². The van der Waals surface area contributed by atoms with Gasteiger partial charge >= 0.3 is 0 Å². The van der Waals surface area contributed by atoms with Crippen LogP contribution in [0.2, 0.25) is 0 Å². The zero-order valence-corrected chi connectivity index (χ0v) is 29.9. The summed E-state index contributed by atoms with van der Waals surface area (Å²) >= 11 is 0. The molecule has 3 aliphatic carbocycles. The second kappa shape index (κ2) is 21.6. The third-order valence-corrected chi connectivity index (χ3v) is 11.0. The van der Waals surface area contributed by atoms with Crippen molar-refractivity contribution in [3.8, 4) is 0 Å². The van der Waals surface area contributed by atoms with Crippen molar-refractivity contribution in [1.29, 1.82) is 0 Å². The highest BCUT2D eigenvalue weighted by atomic mass is 19.3. The third-order valence-electron chi connectivity index (χ3n) is 11.0. The number of nitrogens with two attached hydrogens (primary N) is 2. The molecule has 3 saturated carbocycles. The van der Waals surface area contributed by atoms with Crippen LogP contribution in [0.3, 0.4) is 0 Å². The van der Waals surface area contributed by atoms with Gasteiger partial charge in [0.2, 0.25) is 12.9 Å². The normalized spacial score (nSPS) is 28.4. The Kier molecular flexibility index (Phi) is 19.6. The summed E-state index contributed by atoms with van der Waals surface area (Å²) in [7, 11) is 0. The second-order valence-electron chi connectivity index (χ2n) is 13.8. The van der Waals surface area contributed by atoms with E-state index in [1.807, 2.05) is 6.92 Å². The summed E-state index contributed by atoms with van der Waals surface area (Å²) in [5, 5.41) is 1.40. The van der Waals surface area contributed by atoms with E-state index in [1.54, 1.807) is 20.8 Å². The minimum absolute atomic E-state index is 0.104. The molecule has 0 heterocycles. The predicted molar refractivity (Wildman–Crippen MR) is 187 cm³/mol. The highest BCUT2D eigenvalue weighted by Crippen LogP contribution is 2.63. The fraction of sp³-hybridized carbons (Fsp3) is 0.711. The van der Waals surface area contributed by atoms with Crippen LogP contribution in [-0.2, 0) is 4.79 Å².